The van der Waals surface area contributed by atoms with Crippen LogP contribution in [0.2, 0.25) is 0 Å². The van der Waals surface area contributed by atoms with E-state index in [1.165, 1.54) is 17.7 Å². The predicted molar refractivity (Wildman–Crippen MR) is 104 cm³/mol. The van der Waals surface area contributed by atoms with Crippen LogP contribution >= 0.6 is 11.3 Å². The van der Waals surface area contributed by atoms with Crippen molar-refractivity contribution >= 4 is 45.0 Å². The summed E-state index contributed by atoms with van der Waals surface area (Å²) >= 11 is 1.28. The Bertz CT molecular complexity index is 983. The molecule has 8 heteroatoms. The van der Waals surface area contributed by atoms with Gasteiger partial charge in [0.1, 0.15) is 21.9 Å². The molecule has 0 saturated carbocycles. The first-order chi connectivity index (χ1) is 13.0. The minimum atomic E-state index is -0.360. The molecule has 0 atom stereocenters. The Balaban J connectivity index is 1.91. The summed E-state index contributed by atoms with van der Waals surface area (Å²) in [5.74, 6) is -0.128. The summed E-state index contributed by atoms with van der Waals surface area (Å²) < 4.78 is 10.1. The average molecular weight is 385 g/mol. The summed E-state index contributed by atoms with van der Waals surface area (Å²) in [6, 6.07) is 6.91. The Morgan fingerprint density at radius 2 is 1.70 bits per heavy atom. The topological polar surface area (TPSA) is 90.4 Å². The van der Waals surface area contributed by atoms with Crippen molar-refractivity contribution < 1.29 is 19.1 Å². The van der Waals surface area contributed by atoms with E-state index in [0.717, 1.165) is 16.6 Å². The average Bonchev–Trinajstić information content (AvgIpc) is 3.01. The number of carbonyl (C=O) groups excluding carboxylic acids is 2. The van der Waals surface area contributed by atoms with Gasteiger partial charge in [0.05, 0.1) is 24.2 Å². The van der Waals surface area contributed by atoms with Gasteiger partial charge in [-0.05, 0) is 50.6 Å². The second kappa shape index (κ2) is 8.13. The lowest BCUT2D eigenvalue weighted by molar-refractivity contribution is 0.0519. The summed E-state index contributed by atoms with van der Waals surface area (Å²) in [6.45, 7) is 6.03. The van der Waals surface area contributed by atoms with Crippen molar-refractivity contribution in [3.05, 3.63) is 46.6 Å². The molecule has 3 rings (SSSR count). The quantitative estimate of drug-likeness (QED) is 0.639. The number of ether oxygens (including phenoxy) is 2. The summed E-state index contributed by atoms with van der Waals surface area (Å²) in [5, 5.41) is 4.00. The minimum absolute atomic E-state index is 0.316. The van der Waals surface area contributed by atoms with E-state index >= 15 is 0 Å². The van der Waals surface area contributed by atoms with Crippen LogP contribution in [0.1, 0.15) is 39.4 Å². The van der Waals surface area contributed by atoms with Crippen molar-refractivity contribution in [2.24, 2.45) is 0 Å². The van der Waals surface area contributed by atoms with Gasteiger partial charge in [0, 0.05) is 5.69 Å². The third kappa shape index (κ3) is 3.90. The van der Waals surface area contributed by atoms with Crippen LogP contribution in [-0.4, -0.2) is 35.1 Å². The van der Waals surface area contributed by atoms with Crippen LogP contribution in [0, 0.1) is 6.92 Å². The summed E-state index contributed by atoms with van der Waals surface area (Å²) in [5.41, 5.74) is 2.01. The van der Waals surface area contributed by atoms with Gasteiger partial charge in [0.2, 0.25) is 0 Å². The first-order valence-corrected chi connectivity index (χ1v) is 9.32. The molecule has 0 radical (unpaired) electrons. The van der Waals surface area contributed by atoms with Crippen LogP contribution in [-0.2, 0) is 9.47 Å². The number of fused-ring (bicyclic) bond motifs is 1. The first kappa shape index (κ1) is 18.8. The van der Waals surface area contributed by atoms with Gasteiger partial charge in [0.25, 0.3) is 0 Å². The number of nitrogens with one attached hydrogen (secondary N) is 1. The highest BCUT2D eigenvalue weighted by Gasteiger charge is 2.20. The summed E-state index contributed by atoms with van der Waals surface area (Å²) in [6.07, 6.45) is 1.45. The third-order valence-electron chi connectivity index (χ3n) is 3.85. The van der Waals surface area contributed by atoms with E-state index in [4.69, 9.17) is 9.47 Å². The predicted octanol–water partition coefficient (Wildman–Crippen LogP) is 4.10. The molecule has 3 aromatic rings. The zero-order valence-corrected chi connectivity index (χ0v) is 16.1. The SMILES string of the molecule is CCOC(=O)c1ccc(Nc2ncnc3sc(C(=O)OCC)c(C)c23)cc1. The fraction of sp³-hybridized carbons (Fsp3) is 0.263. The molecule has 2 aromatic heterocycles. The molecule has 0 amide bonds. The molecule has 0 aliphatic rings. The van der Waals surface area contributed by atoms with Crippen molar-refractivity contribution in [3.63, 3.8) is 0 Å². The highest BCUT2D eigenvalue weighted by Crippen LogP contribution is 2.34. The van der Waals surface area contributed by atoms with Crippen LogP contribution < -0.4 is 5.32 Å². The Morgan fingerprint density at radius 1 is 1.04 bits per heavy atom. The Labute approximate surface area is 160 Å². The van der Waals surface area contributed by atoms with E-state index in [9.17, 15) is 9.59 Å². The lowest BCUT2D eigenvalue weighted by Crippen LogP contribution is -2.04. The number of carbonyl (C=O) groups is 2. The van der Waals surface area contributed by atoms with Gasteiger partial charge in [-0.15, -0.1) is 11.3 Å². The van der Waals surface area contributed by atoms with E-state index in [-0.39, 0.29) is 11.9 Å². The normalized spacial score (nSPS) is 10.6. The number of aryl methyl sites for hydroxylation is 1. The third-order valence-corrected chi connectivity index (χ3v) is 5.03. The Morgan fingerprint density at radius 3 is 2.37 bits per heavy atom. The summed E-state index contributed by atoms with van der Waals surface area (Å²) in [7, 11) is 0. The van der Waals surface area contributed by atoms with E-state index < -0.39 is 0 Å². The zero-order chi connectivity index (χ0) is 19.4. The maximum Gasteiger partial charge on any atom is 0.348 e. The molecule has 0 aliphatic carbocycles. The van der Waals surface area contributed by atoms with Crippen molar-refractivity contribution in [2.75, 3.05) is 18.5 Å². The molecule has 1 N–H and O–H groups in total. The van der Waals surface area contributed by atoms with Crippen molar-refractivity contribution in [1.82, 2.24) is 9.97 Å². The highest BCUT2D eigenvalue weighted by molar-refractivity contribution is 7.20. The number of hydrogen-bond donors (Lipinski definition) is 1. The molecule has 0 unspecified atom stereocenters. The molecule has 0 bridgehead atoms. The van der Waals surface area contributed by atoms with Crippen LogP contribution in [0.15, 0.2) is 30.6 Å². The van der Waals surface area contributed by atoms with Gasteiger partial charge in [-0.2, -0.15) is 0 Å². The molecule has 0 aliphatic heterocycles. The molecule has 27 heavy (non-hydrogen) atoms. The first-order valence-electron chi connectivity index (χ1n) is 8.50. The number of nitrogens with zero attached hydrogens (tertiary/aromatic N) is 2. The molecule has 0 saturated heterocycles. The minimum Gasteiger partial charge on any atom is -0.462 e. The number of hydrogen-bond acceptors (Lipinski definition) is 8. The molecule has 0 spiro atoms. The smallest absolute Gasteiger partial charge is 0.348 e. The molecule has 140 valence electrons. The van der Waals surface area contributed by atoms with E-state index in [0.29, 0.717) is 34.3 Å². The van der Waals surface area contributed by atoms with Gasteiger partial charge < -0.3 is 14.8 Å². The van der Waals surface area contributed by atoms with Gasteiger partial charge in [-0.25, -0.2) is 19.6 Å². The van der Waals surface area contributed by atoms with Gasteiger partial charge >= 0.3 is 11.9 Å². The van der Waals surface area contributed by atoms with Crippen LogP contribution in [0.5, 0.6) is 0 Å². The second-order valence-corrected chi connectivity index (χ2v) is 6.60. The van der Waals surface area contributed by atoms with E-state index in [1.54, 1.807) is 38.1 Å². The number of benzene rings is 1. The van der Waals surface area contributed by atoms with E-state index in [2.05, 4.69) is 15.3 Å². The van der Waals surface area contributed by atoms with Crippen molar-refractivity contribution in [2.45, 2.75) is 20.8 Å². The van der Waals surface area contributed by atoms with E-state index in [1.807, 2.05) is 6.92 Å². The Hall–Kier alpha value is -3.00. The molecule has 1 aromatic carbocycles. The number of rotatable bonds is 6. The maximum absolute atomic E-state index is 12.1. The highest BCUT2D eigenvalue weighted by atomic mass is 32.1. The fourth-order valence-corrected chi connectivity index (χ4v) is 3.64. The number of aromatic nitrogens is 2. The lowest BCUT2D eigenvalue weighted by atomic mass is 10.2. The van der Waals surface area contributed by atoms with Gasteiger partial charge in [-0.1, -0.05) is 0 Å². The standard InChI is InChI=1S/C19H19N3O4S/c1-4-25-18(23)12-6-8-13(9-7-12)22-16-14-11(3)15(19(24)26-5-2)27-17(14)21-10-20-16/h6-10H,4-5H2,1-3H3,(H,20,21,22). The zero-order valence-electron chi connectivity index (χ0n) is 15.2. The van der Waals surface area contributed by atoms with Crippen molar-refractivity contribution in [3.8, 4) is 0 Å². The van der Waals surface area contributed by atoms with Crippen LogP contribution in [0.3, 0.4) is 0 Å². The monoisotopic (exact) mass is 385 g/mol. The molecular formula is C19H19N3O4S. The molecular weight excluding hydrogens is 366 g/mol. The number of esters is 2. The number of thiophene rings is 1. The maximum atomic E-state index is 12.1. The van der Waals surface area contributed by atoms with Crippen molar-refractivity contribution in [1.29, 1.82) is 0 Å². The van der Waals surface area contributed by atoms with Gasteiger partial charge in [-0.3, -0.25) is 0 Å². The fourth-order valence-electron chi connectivity index (χ4n) is 2.60. The lowest BCUT2D eigenvalue weighted by Gasteiger charge is -2.08. The molecule has 7 nitrogen and oxygen atoms in total. The van der Waals surface area contributed by atoms with Crippen LogP contribution in [0.25, 0.3) is 10.2 Å². The van der Waals surface area contributed by atoms with Crippen LogP contribution in [0.4, 0.5) is 11.5 Å². The summed E-state index contributed by atoms with van der Waals surface area (Å²) in [4.78, 5) is 33.7. The largest absolute Gasteiger partial charge is 0.462 e. The Kier molecular flexibility index (Phi) is 5.66. The number of anilines is 2. The molecule has 2 heterocycles. The molecule has 0 fully saturated rings. The second-order valence-electron chi connectivity index (χ2n) is 5.60. The van der Waals surface area contributed by atoms with Gasteiger partial charge in [0.15, 0.2) is 0 Å².